The van der Waals surface area contributed by atoms with E-state index in [9.17, 15) is 8.42 Å². The van der Waals surface area contributed by atoms with E-state index in [4.69, 9.17) is 13.7 Å². The fraction of sp³-hybridized carbons (Fsp3) is 0.911. The third-order valence-corrected chi connectivity index (χ3v) is 11.4. The molecule has 8 heteroatoms. The van der Waals surface area contributed by atoms with Crippen LogP contribution in [0, 0.1) is 0 Å². The zero-order valence-corrected chi connectivity index (χ0v) is 36.0. The van der Waals surface area contributed by atoms with Gasteiger partial charge in [-0.1, -0.05) is 154 Å². The van der Waals surface area contributed by atoms with Crippen molar-refractivity contribution >= 4 is 10.3 Å². The molecule has 1 saturated heterocycles. The Bertz CT molecular complexity index is 907. The fourth-order valence-electron chi connectivity index (χ4n) is 6.95. The largest absolute Gasteiger partial charge is 0.379 e. The second-order valence-corrected chi connectivity index (χ2v) is 17.1. The monoisotopic (exact) mass is 769 g/mol. The predicted molar refractivity (Wildman–Crippen MR) is 228 cm³/mol. The van der Waals surface area contributed by atoms with Crippen LogP contribution in [0.2, 0.25) is 0 Å². The van der Waals surface area contributed by atoms with Crippen molar-refractivity contribution in [3.63, 3.8) is 0 Å². The lowest BCUT2D eigenvalue weighted by Crippen LogP contribution is -2.36. The standard InChI is InChI=1S/C45H88N2O5S/c1-3-5-7-9-11-13-15-17-19-21-23-25-27-29-31-35-41-50-43-45(44-52-53(48,49)46-37-40-47-38-33-34-39-47)51-42-36-32-30-28-26-24-22-20-18-16-14-12-10-8-6-4-2/h17-20,45-46H,3-16,21-44H2,1-2H3/b19-17-,20-18-. The smallest absolute Gasteiger partial charge is 0.335 e. The number of unbranched alkanes of at least 4 members (excludes halogenated alkanes) is 24. The van der Waals surface area contributed by atoms with Crippen LogP contribution in [0.15, 0.2) is 24.3 Å². The normalized spacial score (nSPS) is 14.8. The van der Waals surface area contributed by atoms with Crippen LogP contribution in [-0.4, -0.2) is 72.0 Å². The maximum atomic E-state index is 12.5. The first-order valence-corrected chi connectivity index (χ1v) is 24.3. The molecule has 0 radical (unpaired) electrons. The average Bonchev–Trinajstić information content (AvgIpc) is 3.67. The van der Waals surface area contributed by atoms with Gasteiger partial charge in [0.2, 0.25) is 0 Å². The number of ether oxygens (including phenoxy) is 2. The molecule has 0 aromatic carbocycles. The highest BCUT2D eigenvalue weighted by Gasteiger charge is 2.18. The molecule has 0 bridgehead atoms. The zero-order valence-electron chi connectivity index (χ0n) is 35.2. The lowest BCUT2D eigenvalue weighted by atomic mass is 10.1. The van der Waals surface area contributed by atoms with E-state index in [-0.39, 0.29) is 12.7 Å². The minimum atomic E-state index is -3.81. The van der Waals surface area contributed by atoms with Crippen LogP contribution in [0.3, 0.4) is 0 Å². The van der Waals surface area contributed by atoms with Gasteiger partial charge in [0.25, 0.3) is 0 Å². The summed E-state index contributed by atoms with van der Waals surface area (Å²) in [6.07, 6.45) is 47.3. The van der Waals surface area contributed by atoms with E-state index in [1.807, 2.05) is 0 Å². The van der Waals surface area contributed by atoms with Crippen molar-refractivity contribution in [3.05, 3.63) is 24.3 Å². The van der Waals surface area contributed by atoms with Crippen molar-refractivity contribution < 1.29 is 22.1 Å². The van der Waals surface area contributed by atoms with Gasteiger partial charge in [-0.05, 0) is 90.1 Å². The van der Waals surface area contributed by atoms with Gasteiger partial charge in [-0.25, -0.2) is 0 Å². The molecule has 314 valence electrons. The quantitative estimate of drug-likeness (QED) is 0.0492. The third-order valence-electron chi connectivity index (χ3n) is 10.4. The van der Waals surface area contributed by atoms with Gasteiger partial charge >= 0.3 is 10.3 Å². The number of rotatable bonds is 42. The van der Waals surface area contributed by atoms with Crippen molar-refractivity contribution in [3.8, 4) is 0 Å². The Labute approximate surface area is 330 Å². The lowest BCUT2D eigenvalue weighted by Gasteiger charge is -2.19. The third kappa shape index (κ3) is 36.6. The summed E-state index contributed by atoms with van der Waals surface area (Å²) in [7, 11) is -3.81. The van der Waals surface area contributed by atoms with Gasteiger partial charge in [-0.15, -0.1) is 0 Å². The molecule has 7 nitrogen and oxygen atoms in total. The van der Waals surface area contributed by atoms with E-state index in [0.717, 1.165) is 38.9 Å². The van der Waals surface area contributed by atoms with E-state index < -0.39 is 10.3 Å². The summed E-state index contributed by atoms with van der Waals surface area (Å²) >= 11 is 0. The minimum Gasteiger partial charge on any atom is -0.379 e. The van der Waals surface area contributed by atoms with Crippen molar-refractivity contribution in [2.24, 2.45) is 0 Å². The average molecular weight is 769 g/mol. The molecule has 1 aliphatic heterocycles. The van der Waals surface area contributed by atoms with Crippen molar-refractivity contribution in [2.75, 3.05) is 52.6 Å². The van der Waals surface area contributed by atoms with Crippen LogP contribution in [0.25, 0.3) is 0 Å². The number of allylic oxidation sites excluding steroid dienone is 4. The molecule has 1 unspecified atom stereocenters. The molecule has 53 heavy (non-hydrogen) atoms. The molecule has 1 N–H and O–H groups in total. The van der Waals surface area contributed by atoms with Crippen molar-refractivity contribution in [1.82, 2.24) is 9.62 Å². The molecule has 0 aromatic heterocycles. The van der Waals surface area contributed by atoms with Gasteiger partial charge in [-0.2, -0.15) is 13.1 Å². The molecular weight excluding hydrogens is 681 g/mol. The Morgan fingerprint density at radius 1 is 0.547 bits per heavy atom. The van der Waals surface area contributed by atoms with Crippen LogP contribution in [0.1, 0.15) is 206 Å². The van der Waals surface area contributed by atoms with Gasteiger partial charge in [0.1, 0.15) is 6.10 Å². The lowest BCUT2D eigenvalue weighted by molar-refractivity contribution is -0.0381. The zero-order chi connectivity index (χ0) is 38.2. The fourth-order valence-corrected chi connectivity index (χ4v) is 7.71. The first kappa shape index (κ1) is 50.2. The molecule has 1 heterocycles. The van der Waals surface area contributed by atoms with Crippen LogP contribution in [0.5, 0.6) is 0 Å². The van der Waals surface area contributed by atoms with E-state index in [1.165, 1.54) is 173 Å². The number of nitrogens with one attached hydrogen (secondary N) is 1. The number of hydrogen-bond donors (Lipinski definition) is 1. The Balaban J connectivity index is 2.16. The van der Waals surface area contributed by atoms with E-state index in [0.29, 0.717) is 26.4 Å². The second kappa shape index (κ2) is 39.5. The Morgan fingerprint density at radius 3 is 1.43 bits per heavy atom. The SMILES string of the molecule is CCCCCCCC/C=C\CCCCCCCCOCC(COS(=O)(=O)NCCN1CCCC1)OCCCCCCCC/C=C\CCCCCCCC. The van der Waals surface area contributed by atoms with Gasteiger partial charge in [0.15, 0.2) is 0 Å². The second-order valence-electron chi connectivity index (χ2n) is 15.6. The summed E-state index contributed by atoms with van der Waals surface area (Å²) < 4.78 is 45.1. The highest BCUT2D eigenvalue weighted by atomic mass is 32.2. The van der Waals surface area contributed by atoms with Crippen LogP contribution in [0.4, 0.5) is 0 Å². The first-order valence-electron chi connectivity index (χ1n) is 22.9. The molecule has 1 rings (SSSR count). The van der Waals surface area contributed by atoms with Gasteiger partial charge in [-0.3, -0.25) is 4.18 Å². The van der Waals surface area contributed by atoms with Gasteiger partial charge in [0.05, 0.1) is 13.2 Å². The molecule has 1 fully saturated rings. The van der Waals surface area contributed by atoms with Crippen LogP contribution >= 0.6 is 0 Å². The summed E-state index contributed by atoms with van der Waals surface area (Å²) in [5.74, 6) is 0. The van der Waals surface area contributed by atoms with Crippen LogP contribution in [-0.2, 0) is 24.0 Å². The Hall–Kier alpha value is -0.770. The molecule has 0 amide bonds. The Kier molecular flexibility index (Phi) is 37.4. The van der Waals surface area contributed by atoms with Gasteiger partial charge in [0, 0.05) is 26.3 Å². The summed E-state index contributed by atoms with van der Waals surface area (Å²) in [6, 6.07) is 0. The summed E-state index contributed by atoms with van der Waals surface area (Å²) in [6.45, 7) is 9.36. The van der Waals surface area contributed by atoms with Crippen molar-refractivity contribution in [1.29, 1.82) is 0 Å². The number of likely N-dealkylation sites (tertiary alicyclic amines) is 1. The highest BCUT2D eigenvalue weighted by molar-refractivity contribution is 7.84. The summed E-state index contributed by atoms with van der Waals surface area (Å²) in [5, 5.41) is 0. The predicted octanol–water partition coefficient (Wildman–Crippen LogP) is 12.4. The topological polar surface area (TPSA) is 77.1 Å². The summed E-state index contributed by atoms with van der Waals surface area (Å²) in [5.41, 5.74) is 0. The highest BCUT2D eigenvalue weighted by Crippen LogP contribution is 2.13. The number of hydrogen-bond acceptors (Lipinski definition) is 6. The first-order chi connectivity index (χ1) is 26.1. The molecule has 0 spiro atoms. The molecule has 1 aliphatic rings. The minimum absolute atomic E-state index is 0.0151. The molecule has 0 aliphatic carbocycles. The van der Waals surface area contributed by atoms with E-state index >= 15 is 0 Å². The van der Waals surface area contributed by atoms with Gasteiger partial charge < -0.3 is 14.4 Å². The molecule has 1 atom stereocenters. The molecule has 0 saturated carbocycles. The number of nitrogens with zero attached hydrogens (tertiary/aromatic N) is 1. The molecular formula is C45H88N2O5S. The van der Waals surface area contributed by atoms with Crippen molar-refractivity contribution in [2.45, 2.75) is 213 Å². The van der Waals surface area contributed by atoms with E-state index in [2.05, 4.69) is 47.8 Å². The maximum Gasteiger partial charge on any atom is 0.335 e. The van der Waals surface area contributed by atoms with Crippen LogP contribution < -0.4 is 4.72 Å². The Morgan fingerprint density at radius 2 is 0.962 bits per heavy atom. The maximum absolute atomic E-state index is 12.5. The van der Waals surface area contributed by atoms with E-state index in [1.54, 1.807) is 0 Å². The molecule has 0 aromatic rings. The summed E-state index contributed by atoms with van der Waals surface area (Å²) in [4.78, 5) is 2.29.